The molecule has 2 saturated heterocycles. The maximum atomic E-state index is 12.9. The molecule has 3 N–H and O–H groups in total. The van der Waals surface area contributed by atoms with Gasteiger partial charge < -0.3 is 15.2 Å². The van der Waals surface area contributed by atoms with Gasteiger partial charge in [-0.3, -0.25) is 15.0 Å². The highest BCUT2D eigenvalue weighted by Gasteiger charge is 2.73. The largest absolute Gasteiger partial charge is 0.497 e. The Morgan fingerprint density at radius 1 is 1.27 bits per heavy atom. The molecule has 5 atom stereocenters. The van der Waals surface area contributed by atoms with E-state index >= 15 is 0 Å². The summed E-state index contributed by atoms with van der Waals surface area (Å²) < 4.78 is 44.2. The van der Waals surface area contributed by atoms with E-state index in [2.05, 4.69) is 10.6 Å². The zero-order valence-electron chi connectivity index (χ0n) is 18.6. The number of hydrogen-bond donors (Lipinski definition) is 3. The van der Waals surface area contributed by atoms with Gasteiger partial charge in [-0.2, -0.15) is 13.2 Å². The fourth-order valence-corrected chi connectivity index (χ4v) is 7.08. The molecule has 2 unspecified atom stereocenters. The molecule has 10 heteroatoms. The van der Waals surface area contributed by atoms with Crippen molar-refractivity contribution in [1.82, 2.24) is 15.5 Å². The van der Waals surface area contributed by atoms with Gasteiger partial charge in [0.05, 0.1) is 19.1 Å². The fraction of sp³-hybridized carbons (Fsp3) is 0.652. The Hall–Kier alpha value is -2.33. The van der Waals surface area contributed by atoms with Crippen molar-refractivity contribution in [1.29, 1.82) is 0 Å². The van der Waals surface area contributed by atoms with Crippen LogP contribution in [0.5, 0.6) is 5.75 Å². The summed E-state index contributed by atoms with van der Waals surface area (Å²) in [5.74, 6) is 0.187. The molecule has 3 amide bonds. The Morgan fingerprint density at radius 2 is 2.03 bits per heavy atom. The lowest BCUT2D eigenvalue weighted by atomic mass is 9.55. The van der Waals surface area contributed by atoms with Crippen molar-refractivity contribution >= 4 is 11.9 Å². The topological polar surface area (TPSA) is 90.9 Å². The van der Waals surface area contributed by atoms with Gasteiger partial charge in [0.2, 0.25) is 0 Å². The summed E-state index contributed by atoms with van der Waals surface area (Å²) in [6.07, 6.45) is -4.07. The van der Waals surface area contributed by atoms with E-state index in [0.717, 1.165) is 11.1 Å². The van der Waals surface area contributed by atoms with Crippen LogP contribution in [0.15, 0.2) is 18.2 Å². The zero-order chi connectivity index (χ0) is 23.8. The van der Waals surface area contributed by atoms with Crippen molar-refractivity contribution in [3.63, 3.8) is 0 Å². The minimum Gasteiger partial charge on any atom is -0.497 e. The molecule has 0 aromatic heterocycles. The van der Waals surface area contributed by atoms with Crippen LogP contribution < -0.4 is 15.4 Å². The molecule has 2 heterocycles. The second kappa shape index (κ2) is 7.09. The van der Waals surface area contributed by atoms with E-state index in [4.69, 9.17) is 4.74 Å². The van der Waals surface area contributed by atoms with Crippen molar-refractivity contribution in [3.05, 3.63) is 29.3 Å². The number of carbonyl (C=O) groups excluding carboxylic acids is 2. The highest BCUT2D eigenvalue weighted by atomic mass is 19.4. The summed E-state index contributed by atoms with van der Waals surface area (Å²) in [6, 6.07) is 4.58. The first-order chi connectivity index (χ1) is 15.4. The lowest BCUT2D eigenvalue weighted by Gasteiger charge is -2.57. The van der Waals surface area contributed by atoms with Gasteiger partial charge in [0.1, 0.15) is 11.3 Å². The van der Waals surface area contributed by atoms with Crippen LogP contribution in [0, 0.1) is 12.8 Å². The number of nitrogens with zero attached hydrogens (tertiary/aromatic N) is 1. The van der Waals surface area contributed by atoms with E-state index in [1.807, 2.05) is 25.1 Å². The smallest absolute Gasteiger partial charge is 0.390 e. The monoisotopic (exact) mass is 467 g/mol. The number of halogens is 3. The van der Waals surface area contributed by atoms with E-state index < -0.39 is 47.1 Å². The number of rotatable bonds is 4. The van der Waals surface area contributed by atoms with Gasteiger partial charge in [-0.1, -0.05) is 6.07 Å². The molecule has 4 aliphatic rings. The van der Waals surface area contributed by atoms with Gasteiger partial charge >= 0.3 is 12.2 Å². The Bertz CT molecular complexity index is 1020. The Morgan fingerprint density at radius 3 is 2.67 bits per heavy atom. The maximum Gasteiger partial charge on any atom is 0.390 e. The van der Waals surface area contributed by atoms with E-state index in [1.54, 1.807) is 12.0 Å². The van der Waals surface area contributed by atoms with Gasteiger partial charge in [-0.25, -0.2) is 4.79 Å². The maximum absolute atomic E-state index is 12.9. The van der Waals surface area contributed by atoms with Crippen LogP contribution in [0.2, 0.25) is 0 Å². The summed E-state index contributed by atoms with van der Waals surface area (Å²) in [4.78, 5) is 26.6. The minimum absolute atomic E-state index is 0.00384. The molecule has 1 aromatic rings. The average Bonchev–Trinajstić information content (AvgIpc) is 3.09. The average molecular weight is 467 g/mol. The number of imide groups is 1. The number of aryl methyl sites for hydroxylation is 1. The molecule has 33 heavy (non-hydrogen) atoms. The number of aliphatic hydroxyl groups is 1. The Balaban J connectivity index is 1.59. The molecule has 4 fully saturated rings. The van der Waals surface area contributed by atoms with Crippen LogP contribution in [0.25, 0.3) is 0 Å². The van der Waals surface area contributed by atoms with Crippen LogP contribution in [-0.4, -0.2) is 65.5 Å². The molecule has 1 spiro atoms. The van der Waals surface area contributed by atoms with Crippen molar-refractivity contribution in [2.45, 2.75) is 67.8 Å². The minimum atomic E-state index is -4.27. The van der Waals surface area contributed by atoms with Gasteiger partial charge in [-0.15, -0.1) is 0 Å². The zero-order valence-corrected chi connectivity index (χ0v) is 18.6. The summed E-state index contributed by atoms with van der Waals surface area (Å²) in [5.41, 5.74) is -1.68. The molecule has 2 aliphatic carbocycles. The van der Waals surface area contributed by atoms with Gasteiger partial charge in [0, 0.05) is 24.5 Å². The second-order valence-electron chi connectivity index (χ2n) is 10.1. The molecule has 7 nitrogen and oxygen atoms in total. The molecule has 1 aromatic carbocycles. The number of fused-ring (bicyclic) bond motifs is 3. The first-order valence-electron chi connectivity index (χ1n) is 11.2. The number of hydrogen-bond acceptors (Lipinski definition) is 5. The molecule has 0 radical (unpaired) electrons. The van der Waals surface area contributed by atoms with Crippen molar-refractivity contribution < 1.29 is 32.6 Å². The molecule has 5 rings (SSSR count). The second-order valence-corrected chi connectivity index (χ2v) is 10.1. The number of methoxy groups -OCH3 is 1. The number of alkyl halides is 3. The number of nitrogens with one attached hydrogen (secondary N) is 2. The third-order valence-corrected chi connectivity index (χ3v) is 8.43. The predicted molar refractivity (Wildman–Crippen MR) is 112 cm³/mol. The van der Waals surface area contributed by atoms with E-state index in [1.165, 1.54) is 0 Å². The molecule has 180 valence electrons. The highest BCUT2D eigenvalue weighted by Crippen LogP contribution is 2.65. The van der Waals surface area contributed by atoms with Gasteiger partial charge in [-0.05, 0) is 61.8 Å². The summed E-state index contributed by atoms with van der Waals surface area (Å²) >= 11 is 0. The van der Waals surface area contributed by atoms with Crippen LogP contribution in [0.3, 0.4) is 0 Å². The molecule has 2 aliphatic heterocycles. The summed E-state index contributed by atoms with van der Waals surface area (Å²) in [7, 11) is 1.54. The van der Waals surface area contributed by atoms with Crippen molar-refractivity contribution in [3.8, 4) is 5.75 Å². The van der Waals surface area contributed by atoms with Crippen molar-refractivity contribution in [2.24, 2.45) is 5.92 Å². The molecule has 0 bridgehead atoms. The number of amides is 3. The van der Waals surface area contributed by atoms with E-state index in [9.17, 15) is 27.9 Å². The van der Waals surface area contributed by atoms with Crippen molar-refractivity contribution in [2.75, 3.05) is 20.2 Å². The Labute approximate surface area is 189 Å². The first-order valence-corrected chi connectivity index (χ1v) is 11.2. The highest BCUT2D eigenvalue weighted by molar-refractivity contribution is 6.07. The predicted octanol–water partition coefficient (Wildman–Crippen LogP) is 2.39. The summed E-state index contributed by atoms with van der Waals surface area (Å²) in [6.45, 7) is 2.22. The quantitative estimate of drug-likeness (QED) is 0.592. The SMILES string of the molecule is COc1ccc(C)c([C@]23CC4CN(CCC(F)(F)F)[C@H]4C2(O)CC[C@@]2(C3)NC(=O)NC2=O)c1. The van der Waals surface area contributed by atoms with Gasteiger partial charge in [0.25, 0.3) is 5.91 Å². The van der Waals surface area contributed by atoms with Crippen LogP contribution >= 0.6 is 0 Å². The number of likely N-dealkylation sites (tertiary alicyclic amines) is 1. The standard InChI is InChI=1S/C23H28F3N3O4/c1-13-3-4-15(33-2)9-16(13)20-10-14-11-29(8-7-23(24,25)26)17(14)22(20,32)6-5-21(12-20)18(30)27-19(31)28-21/h3-4,9,14,17,32H,5-8,10-12H2,1-2H3,(H2,27,28,30,31)/t14?,17-,20-,21+,22?/m1/s1. The number of carbonyl (C=O) groups is 2. The van der Waals surface area contributed by atoms with E-state index in [-0.39, 0.29) is 31.7 Å². The van der Waals surface area contributed by atoms with Crippen LogP contribution in [-0.2, 0) is 10.2 Å². The number of urea groups is 1. The lowest BCUT2D eigenvalue weighted by molar-refractivity contribution is -0.166. The third-order valence-electron chi connectivity index (χ3n) is 8.43. The number of benzene rings is 1. The molecule has 2 saturated carbocycles. The Kier molecular flexibility index (Phi) is 4.82. The normalized spacial score (nSPS) is 37.9. The lowest BCUT2D eigenvalue weighted by Crippen LogP contribution is -2.70. The molecular weight excluding hydrogens is 439 g/mol. The number of ether oxygens (including phenoxy) is 1. The fourth-order valence-electron chi connectivity index (χ4n) is 7.08. The van der Waals surface area contributed by atoms with E-state index in [0.29, 0.717) is 18.7 Å². The first kappa shape index (κ1) is 22.5. The third kappa shape index (κ3) is 3.17. The van der Waals surface area contributed by atoms with Crippen LogP contribution in [0.1, 0.15) is 43.2 Å². The summed E-state index contributed by atoms with van der Waals surface area (Å²) in [5, 5.41) is 17.4. The molecular formula is C23H28F3N3O4. The van der Waals surface area contributed by atoms with Crippen LogP contribution in [0.4, 0.5) is 18.0 Å². The van der Waals surface area contributed by atoms with Gasteiger partial charge in [0.15, 0.2) is 0 Å².